The Labute approximate surface area is 265 Å². The normalized spacial score (nSPS) is 27.6. The maximum atomic E-state index is 16.5. The van der Waals surface area contributed by atoms with Crippen molar-refractivity contribution >= 4 is 22.4 Å². The molecule has 8 rings (SSSR count). The molecule has 0 unspecified atom stereocenters. The van der Waals surface area contributed by atoms with Crippen molar-refractivity contribution in [1.82, 2.24) is 25.2 Å². The molecule has 4 saturated heterocycles. The van der Waals surface area contributed by atoms with Crippen molar-refractivity contribution in [2.24, 2.45) is 5.92 Å². The molecule has 47 heavy (non-hydrogen) atoms. The summed E-state index contributed by atoms with van der Waals surface area (Å²) in [5.41, 5.74) is 0.360. The van der Waals surface area contributed by atoms with Gasteiger partial charge >= 0.3 is 12.2 Å². The number of alkyl halides is 3. The second kappa shape index (κ2) is 10.6. The summed E-state index contributed by atoms with van der Waals surface area (Å²) in [6.45, 7) is 1.79. The van der Waals surface area contributed by atoms with Crippen LogP contribution < -0.4 is 20.7 Å². The second-order valence-corrected chi connectivity index (χ2v) is 13.7. The Kier molecular flexibility index (Phi) is 6.93. The maximum absolute atomic E-state index is 16.5. The molecule has 3 atom stereocenters. The Balaban J connectivity index is 1.25. The number of nitrogens with one attached hydrogen (secondary N) is 1. The summed E-state index contributed by atoms with van der Waals surface area (Å²) < 4.78 is 107. The zero-order valence-electron chi connectivity index (χ0n) is 25.2. The SMILES string of the molecule is Nc1ccc(C(F)(F)F)c(-c2ncc3c(N4C[C@@H]5CC[C@](C6CC6)(C4)N5)nc(OC[C@@]45CCCN4CC(=C(F)F)C5)nc3c2F)c1F. The van der Waals surface area contributed by atoms with Crippen molar-refractivity contribution in [3.63, 3.8) is 0 Å². The molecule has 3 aromatic rings. The third-order valence-corrected chi connectivity index (χ3v) is 10.8. The third-order valence-electron chi connectivity index (χ3n) is 10.8. The summed E-state index contributed by atoms with van der Waals surface area (Å²) in [6.07, 6.45) is 0.0179. The second-order valence-electron chi connectivity index (χ2n) is 13.7. The van der Waals surface area contributed by atoms with Gasteiger partial charge in [0.1, 0.15) is 23.6 Å². The van der Waals surface area contributed by atoms with Crippen LogP contribution in [-0.4, -0.2) is 69.8 Å². The minimum Gasteiger partial charge on any atom is -0.461 e. The van der Waals surface area contributed by atoms with Gasteiger partial charge in [-0.05, 0) is 69.5 Å². The van der Waals surface area contributed by atoms with E-state index in [-0.39, 0.29) is 53.6 Å². The van der Waals surface area contributed by atoms with E-state index < -0.39 is 51.9 Å². The summed E-state index contributed by atoms with van der Waals surface area (Å²) in [5, 5.41) is 3.90. The highest BCUT2D eigenvalue weighted by Crippen LogP contribution is 2.49. The van der Waals surface area contributed by atoms with E-state index in [2.05, 4.69) is 15.3 Å². The van der Waals surface area contributed by atoms with Crippen molar-refractivity contribution in [2.75, 3.05) is 43.4 Å². The Hall–Kier alpha value is -3.72. The number of nitrogen functional groups attached to an aromatic ring is 1. The average molecular weight is 664 g/mol. The Morgan fingerprint density at radius 1 is 1.09 bits per heavy atom. The van der Waals surface area contributed by atoms with Crippen LogP contribution in [0.2, 0.25) is 0 Å². The number of piperazine rings is 1. The van der Waals surface area contributed by atoms with Gasteiger partial charge in [0.2, 0.25) is 0 Å². The van der Waals surface area contributed by atoms with Gasteiger partial charge in [0.05, 0.1) is 27.7 Å². The van der Waals surface area contributed by atoms with Crippen molar-refractivity contribution < 1.29 is 35.5 Å². The predicted octanol–water partition coefficient (Wildman–Crippen LogP) is 6.06. The van der Waals surface area contributed by atoms with E-state index in [1.807, 2.05) is 9.80 Å². The number of aromatic nitrogens is 3. The predicted molar refractivity (Wildman–Crippen MR) is 159 cm³/mol. The van der Waals surface area contributed by atoms with Crippen LogP contribution in [0.1, 0.15) is 50.5 Å². The van der Waals surface area contributed by atoms with Crippen LogP contribution in [-0.2, 0) is 6.18 Å². The average Bonchev–Trinajstić information content (AvgIpc) is 3.63. The van der Waals surface area contributed by atoms with Crippen LogP contribution >= 0.6 is 0 Å². The quantitative estimate of drug-likeness (QED) is 0.243. The van der Waals surface area contributed by atoms with Gasteiger partial charge in [-0.3, -0.25) is 9.88 Å². The lowest BCUT2D eigenvalue weighted by Crippen LogP contribution is -2.61. The zero-order chi connectivity index (χ0) is 32.9. The van der Waals surface area contributed by atoms with Crippen LogP contribution in [0.5, 0.6) is 6.01 Å². The lowest BCUT2D eigenvalue weighted by Gasteiger charge is -2.42. The number of halogens is 7. The molecular formula is C32H32F7N7O. The number of anilines is 2. The first-order chi connectivity index (χ1) is 22.4. The zero-order valence-corrected chi connectivity index (χ0v) is 25.2. The van der Waals surface area contributed by atoms with Gasteiger partial charge in [0.25, 0.3) is 6.08 Å². The summed E-state index contributed by atoms with van der Waals surface area (Å²) >= 11 is 0. The van der Waals surface area contributed by atoms with Crippen molar-refractivity contribution in [3.05, 3.63) is 47.2 Å². The smallest absolute Gasteiger partial charge is 0.417 e. The van der Waals surface area contributed by atoms with Crippen LogP contribution in [0.25, 0.3) is 22.2 Å². The van der Waals surface area contributed by atoms with Gasteiger partial charge in [0.15, 0.2) is 11.6 Å². The minimum absolute atomic E-state index is 0.0430. The van der Waals surface area contributed by atoms with Crippen LogP contribution in [0.15, 0.2) is 30.0 Å². The molecule has 1 saturated carbocycles. The molecule has 2 bridgehead atoms. The highest BCUT2D eigenvalue weighted by molar-refractivity contribution is 5.92. The first kappa shape index (κ1) is 30.6. The number of nitrogens with zero attached hydrogens (tertiary/aromatic N) is 5. The number of nitrogens with two attached hydrogens (primary N) is 1. The highest BCUT2D eigenvalue weighted by atomic mass is 19.4. The van der Waals surface area contributed by atoms with Crippen LogP contribution in [0.3, 0.4) is 0 Å². The summed E-state index contributed by atoms with van der Waals surface area (Å²) in [4.78, 5) is 17.0. The minimum atomic E-state index is -5.03. The van der Waals surface area contributed by atoms with E-state index in [1.54, 1.807) is 0 Å². The molecule has 0 amide bonds. The van der Waals surface area contributed by atoms with Crippen LogP contribution in [0.4, 0.5) is 42.2 Å². The molecule has 6 heterocycles. The molecule has 3 N–H and O–H groups in total. The maximum Gasteiger partial charge on any atom is 0.417 e. The Morgan fingerprint density at radius 3 is 2.64 bits per heavy atom. The number of hydrogen-bond donors (Lipinski definition) is 2. The Bertz CT molecular complexity index is 1810. The lowest BCUT2D eigenvalue weighted by molar-refractivity contribution is -0.137. The molecule has 15 heteroatoms. The van der Waals surface area contributed by atoms with E-state index >= 15 is 8.78 Å². The number of ether oxygens (including phenoxy) is 1. The standard InChI is InChI=1S/C32H32F7N7O/c33-23-21(40)5-4-20(32(37,38)39)22(23)26-24(34)25-19(11-41-26)28(45-13-18-6-8-31(14-45,44-18)17-2-3-17)43-29(42-25)47-15-30-7-1-9-46(30)12-16(10-30)27(35)36/h4-5,11,17-18,44H,1-3,6-10,12-15,40H2/t18-,30-,31+/m0/s1. The molecule has 4 aliphatic heterocycles. The van der Waals surface area contributed by atoms with E-state index in [9.17, 15) is 22.0 Å². The van der Waals surface area contributed by atoms with E-state index in [1.165, 1.54) is 6.20 Å². The summed E-state index contributed by atoms with van der Waals surface area (Å²) in [6, 6.07) is 1.25. The number of rotatable bonds is 6. The topological polar surface area (TPSA) is 92.4 Å². The van der Waals surface area contributed by atoms with Gasteiger partial charge in [-0.2, -0.15) is 31.9 Å². The van der Waals surface area contributed by atoms with Gasteiger partial charge < -0.3 is 20.7 Å². The molecule has 0 spiro atoms. The first-order valence-electron chi connectivity index (χ1n) is 15.8. The molecule has 1 aliphatic carbocycles. The van der Waals surface area contributed by atoms with Gasteiger partial charge in [0, 0.05) is 43.0 Å². The summed E-state index contributed by atoms with van der Waals surface area (Å²) in [7, 11) is 0. The fourth-order valence-corrected chi connectivity index (χ4v) is 8.39. The fourth-order valence-electron chi connectivity index (χ4n) is 8.39. The number of hydrogen-bond acceptors (Lipinski definition) is 8. The largest absolute Gasteiger partial charge is 0.461 e. The molecule has 5 fully saturated rings. The molecule has 8 nitrogen and oxygen atoms in total. The monoisotopic (exact) mass is 663 g/mol. The fraction of sp³-hybridized carbons (Fsp3) is 0.531. The van der Waals surface area contributed by atoms with Crippen LogP contribution in [0, 0.1) is 17.6 Å². The molecule has 1 aromatic carbocycles. The highest BCUT2D eigenvalue weighted by Gasteiger charge is 2.53. The van der Waals surface area contributed by atoms with E-state index in [0.29, 0.717) is 43.9 Å². The number of benzene rings is 1. The van der Waals surface area contributed by atoms with Crippen molar-refractivity contribution in [2.45, 2.75) is 68.2 Å². The molecule has 5 aliphatic rings. The van der Waals surface area contributed by atoms with Gasteiger partial charge in [-0.15, -0.1) is 0 Å². The lowest BCUT2D eigenvalue weighted by atomic mass is 9.90. The summed E-state index contributed by atoms with van der Waals surface area (Å²) in [5.74, 6) is -1.95. The van der Waals surface area contributed by atoms with Crippen molar-refractivity contribution in [1.29, 1.82) is 0 Å². The molecular weight excluding hydrogens is 631 g/mol. The Morgan fingerprint density at radius 2 is 1.89 bits per heavy atom. The van der Waals surface area contributed by atoms with Crippen molar-refractivity contribution in [3.8, 4) is 17.3 Å². The molecule has 0 radical (unpaired) electrons. The van der Waals surface area contributed by atoms with E-state index in [4.69, 9.17) is 15.5 Å². The van der Waals surface area contributed by atoms with Gasteiger partial charge in [-0.1, -0.05) is 0 Å². The first-order valence-corrected chi connectivity index (χ1v) is 15.8. The molecule has 2 aromatic heterocycles. The van der Waals surface area contributed by atoms with Gasteiger partial charge in [-0.25, -0.2) is 8.78 Å². The molecule has 250 valence electrons. The van der Waals surface area contributed by atoms with E-state index in [0.717, 1.165) is 38.2 Å². The number of fused-ring (bicyclic) bond motifs is 4. The third kappa shape index (κ3) is 4.99. The number of pyridine rings is 1.